The number of benzene rings is 1. The van der Waals surface area contributed by atoms with Crippen molar-refractivity contribution in [1.82, 2.24) is 10.2 Å². The highest BCUT2D eigenvalue weighted by molar-refractivity contribution is 5.79. The molecule has 1 unspecified atom stereocenters. The Kier molecular flexibility index (Phi) is 5.01. The molecule has 20 heavy (non-hydrogen) atoms. The lowest BCUT2D eigenvalue weighted by atomic mass is 9.85. The summed E-state index contributed by atoms with van der Waals surface area (Å²) in [6.45, 7) is 0.634. The van der Waals surface area contributed by atoms with Crippen molar-refractivity contribution < 1.29 is 9.53 Å². The van der Waals surface area contributed by atoms with Gasteiger partial charge in [0.15, 0.2) is 0 Å². The molecule has 0 radical (unpaired) electrons. The molecule has 1 aromatic carbocycles. The van der Waals surface area contributed by atoms with Gasteiger partial charge in [0.1, 0.15) is 5.75 Å². The van der Waals surface area contributed by atoms with Crippen molar-refractivity contribution in [2.45, 2.75) is 25.3 Å². The summed E-state index contributed by atoms with van der Waals surface area (Å²) in [5.41, 5.74) is 1.16. The third-order valence-corrected chi connectivity index (χ3v) is 4.05. The molecule has 1 saturated carbocycles. The fraction of sp³-hybridized carbons (Fsp3) is 0.562. The van der Waals surface area contributed by atoms with Crippen LogP contribution in [0, 0.1) is 5.92 Å². The first-order valence-corrected chi connectivity index (χ1v) is 7.20. The van der Waals surface area contributed by atoms with Crippen LogP contribution in [0.15, 0.2) is 24.3 Å². The van der Waals surface area contributed by atoms with Gasteiger partial charge in [0.25, 0.3) is 0 Å². The van der Waals surface area contributed by atoms with Gasteiger partial charge in [-0.15, -0.1) is 0 Å². The van der Waals surface area contributed by atoms with Gasteiger partial charge >= 0.3 is 0 Å². The molecule has 1 aliphatic rings. The van der Waals surface area contributed by atoms with Gasteiger partial charge in [-0.3, -0.25) is 4.79 Å². The maximum Gasteiger partial charge on any atom is 0.223 e. The lowest BCUT2D eigenvalue weighted by Gasteiger charge is -2.28. The largest absolute Gasteiger partial charge is 0.497 e. The number of carbonyl (C=O) groups excluding carboxylic acids is 1. The molecule has 0 aliphatic heterocycles. The minimum absolute atomic E-state index is 0.161. The van der Waals surface area contributed by atoms with Crippen LogP contribution >= 0.6 is 0 Å². The Balaban J connectivity index is 2.00. The number of likely N-dealkylation sites (N-methyl/N-ethyl adjacent to an activating group) is 1. The van der Waals surface area contributed by atoms with Gasteiger partial charge in [0, 0.05) is 12.5 Å². The van der Waals surface area contributed by atoms with Crippen LogP contribution in [0.3, 0.4) is 0 Å². The molecule has 4 nitrogen and oxygen atoms in total. The van der Waals surface area contributed by atoms with Crippen LogP contribution in [0.2, 0.25) is 0 Å². The zero-order valence-electron chi connectivity index (χ0n) is 12.6. The van der Waals surface area contributed by atoms with Crippen LogP contribution in [0.25, 0.3) is 0 Å². The summed E-state index contributed by atoms with van der Waals surface area (Å²) in [6.07, 6.45) is 3.26. The SMILES string of the molecule is COc1cccc(C(CNC(=O)C2CCC2)N(C)C)c1. The second kappa shape index (κ2) is 6.75. The average Bonchev–Trinajstić information content (AvgIpc) is 2.36. The summed E-state index contributed by atoms with van der Waals surface area (Å²) in [6, 6.07) is 8.18. The van der Waals surface area contributed by atoms with E-state index in [-0.39, 0.29) is 17.9 Å². The fourth-order valence-corrected chi connectivity index (χ4v) is 2.46. The van der Waals surface area contributed by atoms with Crippen molar-refractivity contribution in [2.75, 3.05) is 27.7 Å². The molecule has 110 valence electrons. The summed E-state index contributed by atoms with van der Waals surface area (Å²) in [5.74, 6) is 1.29. The number of carbonyl (C=O) groups is 1. The Morgan fingerprint density at radius 2 is 2.20 bits per heavy atom. The number of methoxy groups -OCH3 is 1. The highest BCUT2D eigenvalue weighted by Gasteiger charge is 2.26. The van der Waals surface area contributed by atoms with Gasteiger partial charge in [-0.05, 0) is 44.6 Å². The molecule has 0 bridgehead atoms. The summed E-state index contributed by atoms with van der Waals surface area (Å²) in [4.78, 5) is 14.1. The van der Waals surface area contributed by atoms with E-state index in [1.165, 1.54) is 6.42 Å². The Hall–Kier alpha value is -1.55. The van der Waals surface area contributed by atoms with E-state index in [1.54, 1.807) is 7.11 Å². The normalized spacial score (nSPS) is 16.6. The van der Waals surface area contributed by atoms with E-state index < -0.39 is 0 Å². The van der Waals surface area contributed by atoms with Crippen molar-refractivity contribution in [3.05, 3.63) is 29.8 Å². The van der Waals surface area contributed by atoms with Gasteiger partial charge in [-0.1, -0.05) is 18.6 Å². The highest BCUT2D eigenvalue weighted by Crippen LogP contribution is 2.27. The smallest absolute Gasteiger partial charge is 0.223 e. The molecular formula is C16H24N2O2. The molecule has 1 aliphatic carbocycles. The molecule has 1 amide bonds. The topological polar surface area (TPSA) is 41.6 Å². The van der Waals surface area contributed by atoms with Crippen molar-refractivity contribution in [1.29, 1.82) is 0 Å². The van der Waals surface area contributed by atoms with Crippen LogP contribution in [0.1, 0.15) is 30.9 Å². The van der Waals surface area contributed by atoms with Crippen molar-refractivity contribution in [2.24, 2.45) is 5.92 Å². The third kappa shape index (κ3) is 3.51. The van der Waals surface area contributed by atoms with Crippen LogP contribution in [-0.4, -0.2) is 38.6 Å². The van der Waals surface area contributed by atoms with E-state index in [4.69, 9.17) is 4.74 Å². The van der Waals surface area contributed by atoms with E-state index in [0.29, 0.717) is 6.54 Å². The molecule has 0 saturated heterocycles. The number of hydrogen-bond acceptors (Lipinski definition) is 3. The van der Waals surface area contributed by atoms with Crippen molar-refractivity contribution >= 4 is 5.91 Å². The Morgan fingerprint density at radius 3 is 2.75 bits per heavy atom. The summed E-state index contributed by atoms with van der Waals surface area (Å²) >= 11 is 0. The van der Waals surface area contributed by atoms with E-state index in [1.807, 2.05) is 32.3 Å². The fourth-order valence-electron chi connectivity index (χ4n) is 2.46. The highest BCUT2D eigenvalue weighted by atomic mass is 16.5. The quantitative estimate of drug-likeness (QED) is 0.866. The molecule has 1 atom stereocenters. The lowest BCUT2D eigenvalue weighted by Crippen LogP contribution is -2.39. The lowest BCUT2D eigenvalue weighted by molar-refractivity contribution is -0.127. The molecule has 4 heteroatoms. The molecule has 0 heterocycles. The summed E-state index contributed by atoms with van der Waals surface area (Å²) in [5, 5.41) is 3.08. The van der Waals surface area contributed by atoms with Gasteiger partial charge in [-0.2, -0.15) is 0 Å². The monoisotopic (exact) mass is 276 g/mol. The second-order valence-electron chi connectivity index (χ2n) is 5.63. The zero-order valence-corrected chi connectivity index (χ0v) is 12.6. The molecular weight excluding hydrogens is 252 g/mol. The van der Waals surface area contributed by atoms with E-state index >= 15 is 0 Å². The molecule has 1 N–H and O–H groups in total. The minimum atomic E-state index is 0.161. The molecule has 0 aromatic heterocycles. The Labute approximate surface area is 121 Å². The Morgan fingerprint density at radius 1 is 1.45 bits per heavy atom. The molecule has 2 rings (SSSR count). The van der Waals surface area contributed by atoms with Gasteiger partial charge in [0.05, 0.1) is 13.2 Å². The minimum Gasteiger partial charge on any atom is -0.497 e. The van der Waals surface area contributed by atoms with Crippen LogP contribution in [0.4, 0.5) is 0 Å². The van der Waals surface area contributed by atoms with E-state index in [9.17, 15) is 4.79 Å². The predicted molar refractivity (Wildman–Crippen MR) is 79.8 cm³/mol. The first-order chi connectivity index (χ1) is 9.61. The van der Waals surface area contributed by atoms with Gasteiger partial charge in [0.2, 0.25) is 5.91 Å². The zero-order chi connectivity index (χ0) is 14.5. The number of ether oxygens (including phenoxy) is 1. The molecule has 1 fully saturated rings. The third-order valence-electron chi connectivity index (χ3n) is 4.05. The number of amides is 1. The van der Waals surface area contributed by atoms with Crippen LogP contribution in [-0.2, 0) is 4.79 Å². The second-order valence-corrected chi connectivity index (χ2v) is 5.63. The van der Waals surface area contributed by atoms with Gasteiger partial charge < -0.3 is 15.0 Å². The number of hydrogen-bond donors (Lipinski definition) is 1. The average molecular weight is 276 g/mol. The summed E-state index contributed by atoms with van der Waals surface area (Å²) in [7, 11) is 5.72. The van der Waals surface area contributed by atoms with Crippen molar-refractivity contribution in [3.8, 4) is 5.75 Å². The first-order valence-electron chi connectivity index (χ1n) is 7.20. The van der Waals surface area contributed by atoms with Crippen LogP contribution in [0.5, 0.6) is 5.75 Å². The summed E-state index contributed by atoms with van der Waals surface area (Å²) < 4.78 is 5.27. The maximum absolute atomic E-state index is 12.0. The number of rotatable bonds is 6. The number of nitrogens with zero attached hydrogens (tertiary/aromatic N) is 1. The predicted octanol–water partition coefficient (Wildman–Crippen LogP) is 2.21. The number of nitrogens with one attached hydrogen (secondary N) is 1. The Bertz CT molecular complexity index is 456. The first kappa shape index (κ1) is 14.9. The van der Waals surface area contributed by atoms with E-state index in [0.717, 1.165) is 24.2 Å². The molecule has 0 spiro atoms. The van der Waals surface area contributed by atoms with E-state index in [2.05, 4.69) is 16.3 Å². The van der Waals surface area contributed by atoms with Crippen LogP contribution < -0.4 is 10.1 Å². The van der Waals surface area contributed by atoms with Gasteiger partial charge in [-0.25, -0.2) is 0 Å². The molecule has 1 aromatic rings. The van der Waals surface area contributed by atoms with Crippen molar-refractivity contribution in [3.63, 3.8) is 0 Å². The standard InChI is InChI=1S/C16H24N2O2/c1-18(2)15(11-17-16(19)12-6-4-7-12)13-8-5-9-14(10-13)20-3/h5,8-10,12,15H,4,6-7,11H2,1-3H3,(H,17,19). The maximum atomic E-state index is 12.0.